The number of pyridine rings is 1. The molecular formula is C65H36BN3O4. The van der Waals surface area contributed by atoms with Crippen LogP contribution in [0.3, 0.4) is 0 Å². The van der Waals surface area contributed by atoms with E-state index in [2.05, 4.69) is 215 Å². The second-order valence-electron chi connectivity index (χ2n) is 19.3. The third-order valence-corrected chi connectivity index (χ3v) is 15.5. The van der Waals surface area contributed by atoms with Crippen LogP contribution in [0.15, 0.2) is 227 Å². The number of aromatic nitrogens is 3. The summed E-state index contributed by atoms with van der Waals surface area (Å²) in [6, 6.07) is 75.2. The SMILES string of the molecule is c1cc(-n2c3ccccc3c3ccccc32)c2c(c1)oc1c(-c3ccc4c(c3)Oc3ccnc5c3B4c3ccc(-c4cccc6c4oc4cccc(-n7c8ccccc8c8ccccc87)c46)cc3O5)cccc12. The topological polar surface area (TPSA) is 67.5 Å². The predicted octanol–water partition coefficient (Wildman–Crippen LogP) is 15.1. The molecule has 2 aliphatic rings. The highest BCUT2D eigenvalue weighted by Gasteiger charge is 2.41. The molecule has 7 heterocycles. The molecule has 10 aromatic carbocycles. The third-order valence-electron chi connectivity index (χ3n) is 15.5. The Kier molecular flexibility index (Phi) is 7.69. The molecule has 0 spiro atoms. The molecule has 2 aliphatic heterocycles. The second kappa shape index (κ2) is 14.4. The average Bonchev–Trinajstić information content (AvgIpc) is 4.21. The summed E-state index contributed by atoms with van der Waals surface area (Å²) in [6.07, 6.45) is 1.77. The van der Waals surface area contributed by atoms with Crippen LogP contribution in [-0.4, -0.2) is 20.8 Å². The van der Waals surface area contributed by atoms with Crippen LogP contribution >= 0.6 is 0 Å². The minimum Gasteiger partial charge on any atom is -0.458 e. The number of hydrogen-bond donors (Lipinski definition) is 0. The highest BCUT2D eigenvalue weighted by atomic mass is 16.5. The summed E-state index contributed by atoms with van der Waals surface area (Å²) in [5.74, 6) is 2.82. The molecule has 0 radical (unpaired) electrons. The quantitative estimate of drug-likeness (QED) is 0.165. The molecule has 8 heteroatoms. The summed E-state index contributed by atoms with van der Waals surface area (Å²) in [5.41, 5.74) is 17.1. The first-order chi connectivity index (χ1) is 36.2. The molecule has 7 nitrogen and oxygen atoms in total. The molecule has 73 heavy (non-hydrogen) atoms. The molecule has 0 aliphatic carbocycles. The van der Waals surface area contributed by atoms with E-state index in [-0.39, 0.29) is 6.71 Å². The fraction of sp³-hybridized carbons (Fsp3) is 0. The molecule has 0 fully saturated rings. The van der Waals surface area contributed by atoms with Crippen molar-refractivity contribution in [1.29, 1.82) is 0 Å². The lowest BCUT2D eigenvalue weighted by molar-refractivity contribution is 0.451. The highest BCUT2D eigenvalue weighted by Crippen LogP contribution is 2.45. The Bertz CT molecular complexity index is 4490. The summed E-state index contributed by atoms with van der Waals surface area (Å²) in [5, 5.41) is 9.15. The summed E-state index contributed by atoms with van der Waals surface area (Å²) in [6.45, 7) is -0.166. The standard InChI is InChI=1S/C65H36BN3O4/c1-5-21-49-41(13-1)42-14-2-6-22-50(42)68(49)53-25-11-27-55-60(53)45-19-9-17-39(63(45)71-55)37-29-31-47-58(35-37)70-57-33-34-67-65-62(57)66(47)48-32-30-38(36-59(48)73-65)40-18-10-20-46-61-54(26-12-28-56(61)72-64(40)46)69-51-23-7-3-15-43(51)44-16-4-8-24-52(44)69/h1-36H. The van der Waals surface area contributed by atoms with Crippen molar-refractivity contribution < 1.29 is 18.3 Å². The Morgan fingerprint density at radius 3 is 1.30 bits per heavy atom. The summed E-state index contributed by atoms with van der Waals surface area (Å²) in [7, 11) is 0. The van der Waals surface area contributed by atoms with Gasteiger partial charge in [0.15, 0.2) is 0 Å². The Balaban J connectivity index is 0.781. The Labute approximate surface area is 416 Å². The van der Waals surface area contributed by atoms with Crippen LogP contribution in [0, 0.1) is 0 Å². The fourth-order valence-electron chi connectivity index (χ4n) is 12.5. The first-order valence-corrected chi connectivity index (χ1v) is 24.7. The van der Waals surface area contributed by atoms with Gasteiger partial charge in [-0.3, -0.25) is 0 Å². The Morgan fingerprint density at radius 1 is 0.370 bits per heavy atom. The van der Waals surface area contributed by atoms with Crippen LogP contribution in [0.25, 0.3) is 121 Å². The maximum absolute atomic E-state index is 6.87. The van der Waals surface area contributed by atoms with Crippen LogP contribution < -0.4 is 25.9 Å². The molecule has 0 unspecified atom stereocenters. The zero-order chi connectivity index (χ0) is 47.5. The number of fused-ring (bicyclic) bond motifs is 16. The van der Waals surface area contributed by atoms with Gasteiger partial charge in [-0.25, -0.2) is 4.98 Å². The molecule has 0 saturated heterocycles. The van der Waals surface area contributed by atoms with Crippen molar-refractivity contribution >= 4 is 111 Å². The van der Waals surface area contributed by atoms with Crippen molar-refractivity contribution in [3.63, 3.8) is 0 Å². The van der Waals surface area contributed by atoms with Gasteiger partial charge >= 0.3 is 0 Å². The van der Waals surface area contributed by atoms with Crippen LogP contribution in [0.2, 0.25) is 0 Å². The third kappa shape index (κ3) is 5.30. The highest BCUT2D eigenvalue weighted by molar-refractivity contribution is 6.98. The molecular weight excluding hydrogens is 898 g/mol. The van der Waals surface area contributed by atoms with Gasteiger partial charge in [0.1, 0.15) is 39.6 Å². The fourth-order valence-corrected chi connectivity index (χ4v) is 12.5. The lowest BCUT2D eigenvalue weighted by Gasteiger charge is -2.32. The minimum absolute atomic E-state index is 0.166. The number of hydrogen-bond acceptors (Lipinski definition) is 5. The van der Waals surface area contributed by atoms with Gasteiger partial charge in [0.25, 0.3) is 6.71 Å². The van der Waals surface area contributed by atoms with E-state index in [9.17, 15) is 0 Å². The smallest absolute Gasteiger partial charge is 0.262 e. The van der Waals surface area contributed by atoms with Crippen molar-refractivity contribution in [2.75, 3.05) is 0 Å². The Hall–Kier alpha value is -9.79. The Morgan fingerprint density at radius 2 is 0.808 bits per heavy atom. The molecule has 5 aromatic heterocycles. The van der Waals surface area contributed by atoms with Gasteiger partial charge in [0, 0.05) is 55.1 Å². The van der Waals surface area contributed by atoms with E-state index >= 15 is 0 Å². The predicted molar refractivity (Wildman–Crippen MR) is 296 cm³/mol. The molecule has 15 aromatic rings. The molecule has 0 amide bonds. The van der Waals surface area contributed by atoms with Crippen LogP contribution in [0.1, 0.15) is 0 Å². The van der Waals surface area contributed by atoms with Crippen molar-refractivity contribution in [1.82, 2.24) is 14.1 Å². The van der Waals surface area contributed by atoms with Gasteiger partial charge < -0.3 is 27.4 Å². The van der Waals surface area contributed by atoms with Crippen molar-refractivity contribution in [2.24, 2.45) is 0 Å². The van der Waals surface area contributed by atoms with Crippen LogP contribution in [-0.2, 0) is 0 Å². The van der Waals surface area contributed by atoms with Gasteiger partial charge in [0.2, 0.25) is 5.88 Å². The van der Waals surface area contributed by atoms with Crippen LogP contribution in [0.4, 0.5) is 0 Å². The lowest BCUT2D eigenvalue weighted by Crippen LogP contribution is -2.57. The first kappa shape index (κ1) is 39.0. The van der Waals surface area contributed by atoms with E-state index in [1.165, 1.54) is 21.5 Å². The van der Waals surface area contributed by atoms with E-state index < -0.39 is 0 Å². The molecule has 0 bridgehead atoms. The maximum Gasteiger partial charge on any atom is 0.262 e. The van der Waals surface area contributed by atoms with Gasteiger partial charge in [-0.2, -0.15) is 0 Å². The van der Waals surface area contributed by atoms with E-state index in [1.54, 1.807) is 6.20 Å². The number of para-hydroxylation sites is 6. The maximum atomic E-state index is 6.87. The molecule has 0 saturated carbocycles. The number of nitrogens with zero attached hydrogens (tertiary/aromatic N) is 3. The zero-order valence-electron chi connectivity index (χ0n) is 38.8. The normalized spacial score (nSPS) is 12.8. The zero-order valence-corrected chi connectivity index (χ0v) is 38.8. The van der Waals surface area contributed by atoms with Gasteiger partial charge in [-0.15, -0.1) is 0 Å². The number of benzene rings is 10. The first-order valence-electron chi connectivity index (χ1n) is 24.7. The van der Waals surface area contributed by atoms with E-state index in [0.717, 1.165) is 133 Å². The van der Waals surface area contributed by atoms with Crippen LogP contribution in [0.5, 0.6) is 23.1 Å². The number of rotatable bonds is 4. The molecule has 338 valence electrons. The van der Waals surface area contributed by atoms with E-state index in [0.29, 0.717) is 5.88 Å². The number of furan rings is 2. The van der Waals surface area contributed by atoms with Gasteiger partial charge in [0.05, 0.1) is 44.2 Å². The summed E-state index contributed by atoms with van der Waals surface area (Å²) < 4.78 is 32.0. The largest absolute Gasteiger partial charge is 0.458 e. The molecule has 17 rings (SSSR count). The molecule has 0 atom stereocenters. The van der Waals surface area contributed by atoms with Gasteiger partial charge in [-0.1, -0.05) is 146 Å². The molecule has 0 N–H and O–H groups in total. The van der Waals surface area contributed by atoms with Gasteiger partial charge in [-0.05, 0) is 88.8 Å². The monoisotopic (exact) mass is 933 g/mol. The minimum atomic E-state index is -0.166. The summed E-state index contributed by atoms with van der Waals surface area (Å²) in [4.78, 5) is 4.78. The van der Waals surface area contributed by atoms with Crippen molar-refractivity contribution in [3.8, 4) is 56.8 Å². The average molecular weight is 934 g/mol. The lowest BCUT2D eigenvalue weighted by atomic mass is 9.35. The van der Waals surface area contributed by atoms with Crippen molar-refractivity contribution in [2.45, 2.75) is 0 Å². The second-order valence-corrected chi connectivity index (χ2v) is 19.3. The van der Waals surface area contributed by atoms with E-state index in [1.807, 2.05) is 6.07 Å². The van der Waals surface area contributed by atoms with E-state index in [4.69, 9.17) is 23.3 Å². The summed E-state index contributed by atoms with van der Waals surface area (Å²) >= 11 is 0. The number of ether oxygens (including phenoxy) is 2. The van der Waals surface area contributed by atoms with Crippen molar-refractivity contribution in [3.05, 3.63) is 219 Å².